The van der Waals surface area contributed by atoms with E-state index in [1.54, 1.807) is 25.1 Å². The highest BCUT2D eigenvalue weighted by Crippen LogP contribution is 2.16. The zero-order valence-electron chi connectivity index (χ0n) is 13.6. The van der Waals surface area contributed by atoms with E-state index in [1.165, 1.54) is 12.1 Å². The van der Waals surface area contributed by atoms with Crippen molar-refractivity contribution < 1.29 is 19.0 Å². The van der Waals surface area contributed by atoms with Gasteiger partial charge in [-0.25, -0.2) is 4.39 Å². The molecule has 0 aromatic heterocycles. The van der Waals surface area contributed by atoms with Crippen LogP contribution >= 0.6 is 0 Å². The van der Waals surface area contributed by atoms with Crippen molar-refractivity contribution in [3.8, 4) is 0 Å². The van der Waals surface area contributed by atoms with E-state index in [1.807, 2.05) is 13.8 Å². The summed E-state index contributed by atoms with van der Waals surface area (Å²) in [4.78, 5) is 13.7. The number of benzene rings is 1. The van der Waals surface area contributed by atoms with Crippen LogP contribution in [0.15, 0.2) is 18.2 Å². The lowest BCUT2D eigenvalue weighted by Gasteiger charge is -2.15. The van der Waals surface area contributed by atoms with Crippen LogP contribution in [0.5, 0.6) is 0 Å². The molecule has 0 fully saturated rings. The molecule has 0 saturated heterocycles. The number of amides is 1. The van der Waals surface area contributed by atoms with Gasteiger partial charge in [-0.05, 0) is 24.1 Å². The van der Waals surface area contributed by atoms with Gasteiger partial charge in [0.25, 0.3) is 5.91 Å². The van der Waals surface area contributed by atoms with E-state index in [0.29, 0.717) is 18.2 Å². The quantitative estimate of drug-likeness (QED) is 0.766. The highest BCUT2D eigenvalue weighted by Gasteiger charge is 2.14. The van der Waals surface area contributed by atoms with Crippen LogP contribution in [0.2, 0.25) is 0 Å². The maximum atomic E-state index is 13.9. The first kappa shape index (κ1) is 18.4. The van der Waals surface area contributed by atoms with Gasteiger partial charge < -0.3 is 20.1 Å². The highest BCUT2D eigenvalue weighted by molar-refractivity contribution is 5.94. The van der Waals surface area contributed by atoms with Crippen molar-refractivity contribution >= 4 is 11.6 Å². The number of aliphatic hydroxyl groups excluding tert-OH is 1. The monoisotopic (exact) mass is 312 g/mol. The summed E-state index contributed by atoms with van der Waals surface area (Å²) in [5.74, 6) is -0.758. The summed E-state index contributed by atoms with van der Waals surface area (Å²) in [6, 6.07) is 4.40. The van der Waals surface area contributed by atoms with Crippen LogP contribution in [0.1, 0.15) is 24.2 Å². The molecular weight excluding hydrogens is 287 g/mol. The fraction of sp³-hybridized carbons (Fsp3) is 0.562. The summed E-state index contributed by atoms with van der Waals surface area (Å²) in [7, 11) is 3.59. The number of rotatable bonds is 8. The third-order valence-corrected chi connectivity index (χ3v) is 2.97. The summed E-state index contributed by atoms with van der Waals surface area (Å²) in [5, 5.41) is 12.2. The van der Waals surface area contributed by atoms with Gasteiger partial charge in [0, 0.05) is 32.9 Å². The Labute approximate surface area is 131 Å². The molecule has 124 valence electrons. The Morgan fingerprint density at radius 1 is 1.36 bits per heavy atom. The van der Waals surface area contributed by atoms with E-state index in [-0.39, 0.29) is 18.7 Å². The highest BCUT2D eigenvalue weighted by atomic mass is 19.1. The number of nitrogens with zero attached hydrogens (tertiary/aromatic N) is 1. The van der Waals surface area contributed by atoms with Gasteiger partial charge in [-0.3, -0.25) is 4.79 Å². The molecule has 0 radical (unpaired) electrons. The Morgan fingerprint density at radius 3 is 2.59 bits per heavy atom. The maximum absolute atomic E-state index is 13.9. The minimum absolute atomic E-state index is 0.0196. The van der Waals surface area contributed by atoms with Crippen LogP contribution in [0, 0.1) is 11.7 Å². The van der Waals surface area contributed by atoms with E-state index >= 15 is 0 Å². The molecule has 0 bridgehead atoms. The van der Waals surface area contributed by atoms with E-state index in [2.05, 4.69) is 5.32 Å². The third kappa shape index (κ3) is 5.99. The number of halogens is 1. The van der Waals surface area contributed by atoms with E-state index < -0.39 is 17.8 Å². The molecule has 1 aromatic rings. The normalized spacial score (nSPS) is 12.3. The Bertz CT molecular complexity index is 492. The molecule has 1 amide bonds. The van der Waals surface area contributed by atoms with Crippen molar-refractivity contribution in [1.82, 2.24) is 5.32 Å². The number of hydrogen-bond donors (Lipinski definition) is 2. The second kappa shape index (κ2) is 8.70. The molecule has 5 nitrogen and oxygen atoms in total. The van der Waals surface area contributed by atoms with E-state index in [9.17, 15) is 14.3 Å². The second-order valence-electron chi connectivity index (χ2n) is 5.85. The van der Waals surface area contributed by atoms with Crippen molar-refractivity contribution in [2.24, 2.45) is 5.92 Å². The first-order valence-electron chi connectivity index (χ1n) is 7.32. The molecule has 1 rings (SSSR count). The van der Waals surface area contributed by atoms with Gasteiger partial charge in [-0.2, -0.15) is 0 Å². The molecule has 6 heteroatoms. The number of anilines is 1. The van der Waals surface area contributed by atoms with Crippen molar-refractivity contribution in [3.63, 3.8) is 0 Å². The fourth-order valence-electron chi connectivity index (χ4n) is 1.77. The predicted molar refractivity (Wildman–Crippen MR) is 84.7 cm³/mol. The Morgan fingerprint density at radius 2 is 2.05 bits per heavy atom. The van der Waals surface area contributed by atoms with Gasteiger partial charge in [0.2, 0.25) is 0 Å². The molecule has 0 heterocycles. The van der Waals surface area contributed by atoms with Crippen LogP contribution in [0.4, 0.5) is 10.1 Å². The molecule has 2 N–H and O–H groups in total. The van der Waals surface area contributed by atoms with Crippen molar-refractivity contribution in [2.75, 3.05) is 38.8 Å². The Balaban J connectivity index is 2.48. The molecule has 1 atom stereocenters. The molecule has 0 aliphatic heterocycles. The van der Waals surface area contributed by atoms with E-state index in [4.69, 9.17) is 4.74 Å². The summed E-state index contributed by atoms with van der Waals surface area (Å²) >= 11 is 0. The lowest BCUT2D eigenvalue weighted by atomic mass is 10.1. The van der Waals surface area contributed by atoms with Gasteiger partial charge >= 0.3 is 0 Å². The number of ether oxygens (including phenoxy) is 1. The lowest BCUT2D eigenvalue weighted by molar-refractivity contribution is 0.0259. The minimum Gasteiger partial charge on any atom is -0.389 e. The molecular formula is C16H25FN2O3. The topological polar surface area (TPSA) is 61.8 Å². The zero-order chi connectivity index (χ0) is 16.7. The summed E-state index contributed by atoms with van der Waals surface area (Å²) in [6.07, 6.45) is -0.813. The number of carbonyl (C=O) groups is 1. The number of nitrogens with one attached hydrogen (secondary N) is 1. The van der Waals surface area contributed by atoms with Gasteiger partial charge in [0.15, 0.2) is 0 Å². The van der Waals surface area contributed by atoms with Gasteiger partial charge in [0.1, 0.15) is 5.82 Å². The van der Waals surface area contributed by atoms with Crippen LogP contribution in [-0.4, -0.2) is 51.0 Å². The standard InChI is InChI=1S/C16H25FN2O3/c1-11(2)9-22-10-13(20)8-18-16(21)14-6-5-12(19(3)4)7-15(14)17/h5-7,11,13,20H,8-10H2,1-4H3,(H,18,21). The number of aliphatic hydroxyl groups is 1. The predicted octanol–water partition coefficient (Wildman–Crippen LogP) is 1.65. The van der Waals surface area contributed by atoms with Gasteiger partial charge in [-0.15, -0.1) is 0 Å². The summed E-state index contributed by atoms with van der Waals surface area (Å²) < 4.78 is 19.2. The average Bonchev–Trinajstić information content (AvgIpc) is 2.44. The molecule has 22 heavy (non-hydrogen) atoms. The van der Waals surface area contributed by atoms with Crippen molar-refractivity contribution in [3.05, 3.63) is 29.6 Å². The largest absolute Gasteiger partial charge is 0.389 e. The lowest BCUT2D eigenvalue weighted by Crippen LogP contribution is -2.35. The van der Waals surface area contributed by atoms with Crippen molar-refractivity contribution in [2.45, 2.75) is 20.0 Å². The van der Waals surface area contributed by atoms with Gasteiger partial charge in [-0.1, -0.05) is 13.8 Å². The second-order valence-corrected chi connectivity index (χ2v) is 5.85. The average molecular weight is 312 g/mol. The fourth-order valence-corrected chi connectivity index (χ4v) is 1.77. The maximum Gasteiger partial charge on any atom is 0.254 e. The first-order valence-corrected chi connectivity index (χ1v) is 7.32. The smallest absolute Gasteiger partial charge is 0.254 e. The van der Waals surface area contributed by atoms with Crippen LogP contribution in [0.25, 0.3) is 0 Å². The molecule has 1 aromatic carbocycles. The van der Waals surface area contributed by atoms with Crippen LogP contribution < -0.4 is 10.2 Å². The van der Waals surface area contributed by atoms with Gasteiger partial charge in [0.05, 0.1) is 18.3 Å². The van der Waals surface area contributed by atoms with Crippen LogP contribution in [-0.2, 0) is 4.74 Å². The number of hydrogen-bond acceptors (Lipinski definition) is 4. The summed E-state index contributed by atoms with van der Waals surface area (Å²) in [6.45, 7) is 4.72. The number of carbonyl (C=O) groups excluding carboxylic acids is 1. The van der Waals surface area contributed by atoms with Crippen LogP contribution in [0.3, 0.4) is 0 Å². The minimum atomic E-state index is -0.813. The molecule has 0 spiro atoms. The van der Waals surface area contributed by atoms with Crippen molar-refractivity contribution in [1.29, 1.82) is 0 Å². The molecule has 0 aliphatic rings. The Hall–Kier alpha value is -1.66. The molecule has 0 saturated carbocycles. The third-order valence-electron chi connectivity index (χ3n) is 2.97. The zero-order valence-corrected chi connectivity index (χ0v) is 13.6. The van der Waals surface area contributed by atoms with E-state index in [0.717, 1.165) is 0 Å². The first-order chi connectivity index (χ1) is 10.3. The summed E-state index contributed by atoms with van der Waals surface area (Å²) in [5.41, 5.74) is 0.636. The molecule has 1 unspecified atom stereocenters. The molecule has 0 aliphatic carbocycles. The Kier molecular flexibility index (Phi) is 7.27. The SMILES string of the molecule is CC(C)COCC(O)CNC(=O)c1ccc(N(C)C)cc1F.